The summed E-state index contributed by atoms with van der Waals surface area (Å²) < 4.78 is 10.3. The highest BCUT2D eigenvalue weighted by Crippen LogP contribution is 2.36. The third-order valence-corrected chi connectivity index (χ3v) is 3.10. The number of rotatable bonds is 3. The number of aromatic hydroxyl groups is 1. The zero-order valence-electron chi connectivity index (χ0n) is 11.6. The Morgan fingerprint density at radius 2 is 2.05 bits per heavy atom. The van der Waals surface area contributed by atoms with Gasteiger partial charge in [-0.15, -0.1) is 0 Å². The first-order valence-electron chi connectivity index (χ1n) is 6.32. The van der Waals surface area contributed by atoms with Gasteiger partial charge < -0.3 is 14.4 Å². The van der Waals surface area contributed by atoms with Crippen LogP contribution in [0.15, 0.2) is 41.1 Å². The van der Waals surface area contributed by atoms with Crippen molar-refractivity contribution >= 4 is 0 Å². The maximum atomic E-state index is 10.1. The van der Waals surface area contributed by atoms with Gasteiger partial charge in [0.25, 0.3) is 5.89 Å². The summed E-state index contributed by atoms with van der Waals surface area (Å²) in [6, 6.07) is 8.83. The average Bonchev–Trinajstić information content (AvgIpc) is 2.97. The molecule has 0 aliphatic heterocycles. The fourth-order valence-corrected chi connectivity index (χ4v) is 2.01. The lowest BCUT2D eigenvalue weighted by molar-refractivity contribution is 0.371. The molecule has 2 aromatic heterocycles. The number of ether oxygens (including phenoxy) is 1. The van der Waals surface area contributed by atoms with Crippen molar-refractivity contribution in [2.24, 2.45) is 0 Å². The summed E-state index contributed by atoms with van der Waals surface area (Å²) in [7, 11) is 1.48. The first-order chi connectivity index (χ1) is 10.2. The number of nitrogens with zero attached hydrogens (tertiary/aromatic N) is 3. The number of hydrogen-bond donors (Lipinski definition) is 1. The van der Waals surface area contributed by atoms with Crippen LogP contribution < -0.4 is 4.74 Å². The molecule has 21 heavy (non-hydrogen) atoms. The van der Waals surface area contributed by atoms with E-state index < -0.39 is 0 Å². The highest BCUT2D eigenvalue weighted by atomic mass is 16.5. The molecule has 0 unspecified atom stereocenters. The number of aromatic nitrogens is 3. The van der Waals surface area contributed by atoms with E-state index in [1.54, 1.807) is 24.4 Å². The van der Waals surface area contributed by atoms with Gasteiger partial charge in [-0.05, 0) is 30.7 Å². The van der Waals surface area contributed by atoms with Crippen molar-refractivity contribution in [1.82, 2.24) is 15.1 Å². The molecule has 6 heteroatoms. The molecule has 0 aliphatic carbocycles. The van der Waals surface area contributed by atoms with Crippen LogP contribution in [-0.4, -0.2) is 27.3 Å². The molecule has 1 aromatic carbocycles. The van der Waals surface area contributed by atoms with E-state index in [-0.39, 0.29) is 11.6 Å². The maximum absolute atomic E-state index is 10.1. The van der Waals surface area contributed by atoms with Crippen molar-refractivity contribution in [2.75, 3.05) is 7.11 Å². The van der Waals surface area contributed by atoms with E-state index in [0.29, 0.717) is 22.8 Å². The summed E-state index contributed by atoms with van der Waals surface area (Å²) >= 11 is 0. The van der Waals surface area contributed by atoms with Crippen molar-refractivity contribution < 1.29 is 14.4 Å². The second kappa shape index (κ2) is 5.24. The Bertz CT molecular complexity index is 783. The molecule has 0 spiro atoms. The Morgan fingerprint density at radius 1 is 1.19 bits per heavy atom. The minimum absolute atomic E-state index is 0.0343. The fourth-order valence-electron chi connectivity index (χ4n) is 2.01. The number of aryl methyl sites for hydroxylation is 1. The Morgan fingerprint density at radius 3 is 2.81 bits per heavy atom. The SMILES string of the molecule is COc1cccc(-c2nc(-c3ncccc3C)no2)c1O. The van der Waals surface area contributed by atoms with E-state index in [4.69, 9.17) is 9.26 Å². The van der Waals surface area contributed by atoms with Crippen molar-refractivity contribution in [1.29, 1.82) is 0 Å². The molecule has 0 amide bonds. The number of para-hydroxylation sites is 1. The van der Waals surface area contributed by atoms with Crippen LogP contribution in [0, 0.1) is 6.92 Å². The molecular weight excluding hydrogens is 270 g/mol. The lowest BCUT2D eigenvalue weighted by atomic mass is 10.2. The smallest absolute Gasteiger partial charge is 0.262 e. The van der Waals surface area contributed by atoms with Gasteiger partial charge >= 0.3 is 0 Å². The summed E-state index contributed by atoms with van der Waals surface area (Å²) in [5.41, 5.74) is 2.01. The lowest BCUT2D eigenvalue weighted by Gasteiger charge is -2.04. The molecule has 3 rings (SSSR count). The van der Waals surface area contributed by atoms with E-state index in [1.165, 1.54) is 7.11 Å². The number of phenolic OH excluding ortho intramolecular Hbond substituents is 1. The second-order valence-corrected chi connectivity index (χ2v) is 4.45. The minimum Gasteiger partial charge on any atom is -0.504 e. The molecule has 0 fully saturated rings. The quantitative estimate of drug-likeness (QED) is 0.796. The molecule has 106 valence electrons. The van der Waals surface area contributed by atoms with E-state index in [0.717, 1.165) is 5.56 Å². The van der Waals surface area contributed by atoms with Crippen LogP contribution >= 0.6 is 0 Å². The van der Waals surface area contributed by atoms with Crippen LogP contribution in [0.5, 0.6) is 11.5 Å². The van der Waals surface area contributed by atoms with Crippen molar-refractivity contribution in [3.63, 3.8) is 0 Å². The minimum atomic E-state index is -0.0343. The van der Waals surface area contributed by atoms with Crippen LogP contribution in [0.3, 0.4) is 0 Å². The summed E-state index contributed by atoms with van der Waals surface area (Å²) in [5.74, 6) is 0.908. The topological polar surface area (TPSA) is 81.3 Å². The fraction of sp³-hybridized carbons (Fsp3) is 0.133. The molecular formula is C15H13N3O3. The predicted octanol–water partition coefficient (Wildman–Crippen LogP) is 2.82. The molecule has 3 aromatic rings. The highest BCUT2D eigenvalue weighted by Gasteiger charge is 2.17. The predicted molar refractivity (Wildman–Crippen MR) is 75.9 cm³/mol. The van der Waals surface area contributed by atoms with Gasteiger partial charge in [0.15, 0.2) is 11.5 Å². The van der Waals surface area contributed by atoms with Gasteiger partial charge in [-0.2, -0.15) is 4.98 Å². The number of pyridine rings is 1. The molecule has 0 saturated carbocycles. The van der Waals surface area contributed by atoms with Crippen molar-refractivity contribution in [3.8, 4) is 34.5 Å². The van der Waals surface area contributed by atoms with Gasteiger partial charge in [0.05, 0.1) is 12.7 Å². The Hall–Kier alpha value is -2.89. The molecule has 0 saturated heterocycles. The highest BCUT2D eigenvalue weighted by molar-refractivity contribution is 5.68. The summed E-state index contributed by atoms with van der Waals surface area (Å²) in [6.07, 6.45) is 1.67. The second-order valence-electron chi connectivity index (χ2n) is 4.45. The average molecular weight is 283 g/mol. The summed E-state index contributed by atoms with van der Waals surface area (Å²) in [5, 5.41) is 14.0. The van der Waals surface area contributed by atoms with Gasteiger partial charge in [-0.3, -0.25) is 4.98 Å². The van der Waals surface area contributed by atoms with Crippen LogP contribution in [-0.2, 0) is 0 Å². The first-order valence-corrected chi connectivity index (χ1v) is 6.32. The third-order valence-electron chi connectivity index (χ3n) is 3.10. The number of methoxy groups -OCH3 is 1. The first kappa shape index (κ1) is 13.1. The van der Waals surface area contributed by atoms with Gasteiger partial charge in [0.2, 0.25) is 5.82 Å². The van der Waals surface area contributed by atoms with Gasteiger partial charge in [0, 0.05) is 6.20 Å². The zero-order valence-corrected chi connectivity index (χ0v) is 11.6. The van der Waals surface area contributed by atoms with E-state index in [1.807, 2.05) is 19.1 Å². The molecule has 0 bridgehead atoms. The molecule has 0 aliphatic rings. The normalized spacial score (nSPS) is 10.6. The molecule has 0 atom stereocenters. The van der Waals surface area contributed by atoms with Crippen LogP contribution in [0.25, 0.3) is 23.0 Å². The maximum Gasteiger partial charge on any atom is 0.262 e. The van der Waals surface area contributed by atoms with Crippen molar-refractivity contribution in [3.05, 3.63) is 42.1 Å². The third kappa shape index (κ3) is 2.31. The Labute approximate surface area is 121 Å². The molecule has 6 nitrogen and oxygen atoms in total. The monoisotopic (exact) mass is 283 g/mol. The van der Waals surface area contributed by atoms with Crippen LogP contribution in [0.2, 0.25) is 0 Å². The van der Waals surface area contributed by atoms with Crippen molar-refractivity contribution in [2.45, 2.75) is 6.92 Å². The summed E-state index contributed by atoms with van der Waals surface area (Å²) in [4.78, 5) is 8.53. The number of phenols is 1. The molecule has 1 N–H and O–H groups in total. The van der Waals surface area contributed by atoms with E-state index in [9.17, 15) is 5.11 Å². The van der Waals surface area contributed by atoms with E-state index >= 15 is 0 Å². The molecule has 2 heterocycles. The Kier molecular flexibility index (Phi) is 3.27. The number of benzene rings is 1. The standard InChI is InChI=1S/C15H13N3O3/c1-9-5-4-8-16-12(9)14-17-15(21-18-14)10-6-3-7-11(20-2)13(10)19/h3-8,19H,1-2H3. The van der Waals surface area contributed by atoms with Crippen LogP contribution in [0.1, 0.15) is 5.56 Å². The Balaban J connectivity index is 2.05. The lowest BCUT2D eigenvalue weighted by Crippen LogP contribution is -1.89. The van der Waals surface area contributed by atoms with E-state index in [2.05, 4.69) is 15.1 Å². The number of hydrogen-bond acceptors (Lipinski definition) is 6. The van der Waals surface area contributed by atoms with Crippen LogP contribution in [0.4, 0.5) is 0 Å². The van der Waals surface area contributed by atoms with Gasteiger partial charge in [0.1, 0.15) is 5.69 Å². The zero-order chi connectivity index (χ0) is 14.8. The van der Waals surface area contributed by atoms with Gasteiger partial charge in [-0.1, -0.05) is 17.3 Å². The summed E-state index contributed by atoms with van der Waals surface area (Å²) in [6.45, 7) is 1.92. The van der Waals surface area contributed by atoms with Gasteiger partial charge in [-0.25, -0.2) is 0 Å². The largest absolute Gasteiger partial charge is 0.504 e. The molecule has 0 radical (unpaired) electrons.